The van der Waals surface area contributed by atoms with E-state index in [2.05, 4.69) is 10.3 Å². The van der Waals surface area contributed by atoms with Gasteiger partial charge in [-0.3, -0.25) is 4.79 Å². The molecule has 1 N–H and O–H groups in total. The van der Waals surface area contributed by atoms with Gasteiger partial charge in [0.25, 0.3) is 5.91 Å². The highest BCUT2D eigenvalue weighted by molar-refractivity contribution is 6.04. The minimum atomic E-state index is -0.612. The van der Waals surface area contributed by atoms with Crippen LogP contribution < -0.4 is 14.8 Å². The topological polar surface area (TPSA) is 60.5 Å². The van der Waals surface area contributed by atoms with E-state index in [1.165, 1.54) is 6.07 Å². The molecule has 0 aliphatic carbocycles. The van der Waals surface area contributed by atoms with E-state index in [1.807, 2.05) is 12.1 Å². The van der Waals surface area contributed by atoms with Crippen LogP contribution in [0.5, 0.6) is 17.2 Å². The average molecular weight is 352 g/mol. The summed E-state index contributed by atoms with van der Waals surface area (Å²) >= 11 is 0. The molecule has 0 bridgehead atoms. The molecular weight excluding hydrogens is 335 g/mol. The van der Waals surface area contributed by atoms with Crippen LogP contribution in [0.15, 0.2) is 60.7 Å². The van der Waals surface area contributed by atoms with Crippen molar-refractivity contribution < 1.29 is 18.7 Å². The van der Waals surface area contributed by atoms with E-state index in [0.717, 1.165) is 11.8 Å². The molecule has 0 spiro atoms. The zero-order valence-electron chi connectivity index (χ0n) is 14.3. The summed E-state index contributed by atoms with van der Waals surface area (Å²) in [6, 6.07) is 16.7. The molecule has 0 radical (unpaired) electrons. The Kier molecular flexibility index (Phi) is 5.12. The number of hydrogen-bond donors (Lipinski definition) is 1. The third kappa shape index (κ3) is 4.16. The Labute approximate surface area is 150 Å². The lowest BCUT2D eigenvalue weighted by Crippen LogP contribution is -2.14. The number of ether oxygens (including phenoxy) is 2. The summed E-state index contributed by atoms with van der Waals surface area (Å²) in [7, 11) is 1.60. The van der Waals surface area contributed by atoms with Gasteiger partial charge in [0.2, 0.25) is 5.95 Å². The Balaban J connectivity index is 1.66. The number of hydrogen-bond acceptors (Lipinski definition) is 4. The van der Waals surface area contributed by atoms with Gasteiger partial charge in [0.1, 0.15) is 17.2 Å². The molecular formula is C20H17FN2O3. The van der Waals surface area contributed by atoms with Crippen molar-refractivity contribution in [3.05, 3.63) is 77.9 Å². The first kappa shape index (κ1) is 17.4. The third-order valence-corrected chi connectivity index (χ3v) is 3.70. The fourth-order valence-electron chi connectivity index (χ4n) is 2.35. The van der Waals surface area contributed by atoms with Gasteiger partial charge in [-0.25, -0.2) is 4.98 Å². The van der Waals surface area contributed by atoms with Gasteiger partial charge >= 0.3 is 0 Å². The first-order valence-electron chi connectivity index (χ1n) is 7.91. The van der Waals surface area contributed by atoms with Crippen LogP contribution in [0.4, 0.5) is 10.1 Å². The van der Waals surface area contributed by atoms with E-state index in [9.17, 15) is 9.18 Å². The Hall–Kier alpha value is -3.41. The molecule has 1 aromatic heterocycles. The van der Waals surface area contributed by atoms with Crippen LogP contribution in [-0.2, 0) is 0 Å². The highest BCUT2D eigenvalue weighted by Crippen LogP contribution is 2.25. The molecule has 132 valence electrons. The normalized spacial score (nSPS) is 10.3. The van der Waals surface area contributed by atoms with Crippen molar-refractivity contribution in [1.29, 1.82) is 0 Å². The van der Waals surface area contributed by atoms with Crippen molar-refractivity contribution in [2.75, 3.05) is 12.4 Å². The second kappa shape index (κ2) is 7.65. The lowest BCUT2D eigenvalue weighted by molar-refractivity contribution is 0.102. The lowest BCUT2D eigenvalue weighted by atomic mass is 10.2. The molecule has 5 nitrogen and oxygen atoms in total. The predicted octanol–water partition coefficient (Wildman–Crippen LogP) is 4.58. The molecule has 0 saturated carbocycles. The predicted molar refractivity (Wildman–Crippen MR) is 96.4 cm³/mol. The molecule has 0 aliphatic heterocycles. The number of amides is 1. The van der Waals surface area contributed by atoms with Gasteiger partial charge in [-0.15, -0.1) is 0 Å². The molecule has 26 heavy (non-hydrogen) atoms. The van der Waals surface area contributed by atoms with Gasteiger partial charge in [0.05, 0.1) is 18.4 Å². The molecule has 0 atom stereocenters. The number of halogens is 1. The maximum Gasteiger partial charge on any atom is 0.257 e. The van der Waals surface area contributed by atoms with Crippen LogP contribution in [0.25, 0.3) is 0 Å². The maximum absolute atomic E-state index is 13.0. The molecule has 1 heterocycles. The van der Waals surface area contributed by atoms with Crippen molar-refractivity contribution in [2.24, 2.45) is 0 Å². The van der Waals surface area contributed by atoms with Crippen LogP contribution in [-0.4, -0.2) is 18.0 Å². The Morgan fingerprint density at radius 1 is 0.923 bits per heavy atom. The molecule has 0 saturated heterocycles. The zero-order chi connectivity index (χ0) is 18.5. The first-order chi connectivity index (χ1) is 12.5. The van der Waals surface area contributed by atoms with Crippen molar-refractivity contribution in [3.63, 3.8) is 0 Å². The van der Waals surface area contributed by atoms with Gasteiger partial charge < -0.3 is 14.8 Å². The van der Waals surface area contributed by atoms with Crippen LogP contribution in [0.1, 0.15) is 16.1 Å². The number of aryl methyl sites for hydroxylation is 1. The minimum absolute atomic E-state index is 0.324. The van der Waals surface area contributed by atoms with Crippen LogP contribution >= 0.6 is 0 Å². The van der Waals surface area contributed by atoms with Gasteiger partial charge in [-0.1, -0.05) is 0 Å². The summed E-state index contributed by atoms with van der Waals surface area (Å²) < 4.78 is 23.9. The molecule has 0 unspecified atom stereocenters. The largest absolute Gasteiger partial charge is 0.497 e. The first-order valence-corrected chi connectivity index (χ1v) is 7.91. The summed E-state index contributed by atoms with van der Waals surface area (Å²) in [5.41, 5.74) is 1.26. The summed E-state index contributed by atoms with van der Waals surface area (Å²) in [5.74, 6) is 1.10. The molecule has 0 aliphatic rings. The van der Waals surface area contributed by atoms with E-state index in [1.54, 1.807) is 50.4 Å². The summed E-state index contributed by atoms with van der Waals surface area (Å²) in [6.45, 7) is 1.59. The van der Waals surface area contributed by atoms with E-state index in [-0.39, 0.29) is 5.91 Å². The molecule has 2 aromatic carbocycles. The Morgan fingerprint density at radius 2 is 1.50 bits per heavy atom. The van der Waals surface area contributed by atoms with Gasteiger partial charge in [0.15, 0.2) is 0 Å². The highest BCUT2D eigenvalue weighted by atomic mass is 19.1. The van der Waals surface area contributed by atoms with Crippen molar-refractivity contribution in [2.45, 2.75) is 6.92 Å². The van der Waals surface area contributed by atoms with Crippen molar-refractivity contribution in [3.8, 4) is 17.2 Å². The minimum Gasteiger partial charge on any atom is -0.497 e. The monoisotopic (exact) mass is 352 g/mol. The molecule has 6 heteroatoms. The lowest BCUT2D eigenvalue weighted by Gasteiger charge is -2.09. The van der Waals surface area contributed by atoms with E-state index >= 15 is 0 Å². The second-order valence-electron chi connectivity index (χ2n) is 5.52. The number of aromatic nitrogens is 1. The Bertz CT molecular complexity index is 909. The number of methoxy groups -OCH3 is 1. The van der Waals surface area contributed by atoms with E-state index in [0.29, 0.717) is 28.4 Å². The number of nitrogens with one attached hydrogen (secondary N) is 1. The fraction of sp³-hybridized carbons (Fsp3) is 0.100. The number of benzene rings is 2. The standard InChI is InChI=1S/C20H17FN2O3/c1-13-18(11-12-19(21)22-13)20(24)23-14-3-5-16(6-4-14)26-17-9-7-15(25-2)8-10-17/h3-12H,1-2H3,(H,23,24). The van der Waals surface area contributed by atoms with Crippen LogP contribution in [0.2, 0.25) is 0 Å². The highest BCUT2D eigenvalue weighted by Gasteiger charge is 2.11. The molecule has 1 amide bonds. The van der Waals surface area contributed by atoms with Gasteiger partial charge in [-0.2, -0.15) is 4.39 Å². The average Bonchev–Trinajstić information content (AvgIpc) is 2.64. The molecule has 3 rings (SSSR count). The second-order valence-corrected chi connectivity index (χ2v) is 5.52. The summed E-state index contributed by atoms with van der Waals surface area (Å²) in [4.78, 5) is 15.9. The summed E-state index contributed by atoms with van der Waals surface area (Å²) in [6.07, 6.45) is 0. The SMILES string of the molecule is COc1ccc(Oc2ccc(NC(=O)c3ccc(F)nc3C)cc2)cc1. The number of nitrogens with zero attached hydrogens (tertiary/aromatic N) is 1. The van der Waals surface area contributed by atoms with Crippen molar-refractivity contribution >= 4 is 11.6 Å². The van der Waals surface area contributed by atoms with Gasteiger partial charge in [0, 0.05) is 5.69 Å². The van der Waals surface area contributed by atoms with Crippen LogP contribution in [0, 0.1) is 12.9 Å². The maximum atomic E-state index is 13.0. The quantitative estimate of drug-likeness (QED) is 0.683. The smallest absolute Gasteiger partial charge is 0.257 e. The fourth-order valence-corrected chi connectivity index (χ4v) is 2.35. The number of anilines is 1. The third-order valence-electron chi connectivity index (χ3n) is 3.70. The number of pyridine rings is 1. The van der Waals surface area contributed by atoms with Gasteiger partial charge in [-0.05, 0) is 67.6 Å². The number of carbonyl (C=O) groups excluding carboxylic acids is 1. The Morgan fingerprint density at radius 3 is 2.08 bits per heavy atom. The molecule has 0 fully saturated rings. The van der Waals surface area contributed by atoms with E-state index < -0.39 is 5.95 Å². The summed E-state index contributed by atoms with van der Waals surface area (Å²) in [5, 5.41) is 2.75. The zero-order valence-corrected chi connectivity index (χ0v) is 14.3. The van der Waals surface area contributed by atoms with E-state index in [4.69, 9.17) is 9.47 Å². The molecule has 3 aromatic rings. The number of rotatable bonds is 5. The number of carbonyl (C=O) groups is 1. The van der Waals surface area contributed by atoms with Crippen LogP contribution in [0.3, 0.4) is 0 Å². The van der Waals surface area contributed by atoms with Crippen molar-refractivity contribution in [1.82, 2.24) is 4.98 Å².